The van der Waals surface area contributed by atoms with E-state index in [0.717, 1.165) is 24.6 Å². The normalized spacial score (nSPS) is 20.3. The van der Waals surface area contributed by atoms with E-state index in [0.29, 0.717) is 19.4 Å². The molecule has 1 aliphatic rings. The van der Waals surface area contributed by atoms with Gasteiger partial charge < -0.3 is 5.32 Å². The van der Waals surface area contributed by atoms with Gasteiger partial charge in [0.1, 0.15) is 17.7 Å². The van der Waals surface area contributed by atoms with Gasteiger partial charge in [0.2, 0.25) is 15.9 Å². The summed E-state index contributed by atoms with van der Waals surface area (Å²) in [6.45, 7) is 0.463. The zero-order valence-electron chi connectivity index (χ0n) is 10.5. The second-order valence-electron chi connectivity index (χ2n) is 4.51. The zero-order valence-corrected chi connectivity index (χ0v) is 11.3. The quantitative estimate of drug-likeness (QED) is 0.871. The van der Waals surface area contributed by atoms with E-state index in [1.54, 1.807) is 0 Å². The zero-order chi connectivity index (χ0) is 14.8. The number of rotatable bonds is 3. The molecule has 1 atom stereocenters. The third kappa shape index (κ3) is 3.13. The summed E-state index contributed by atoms with van der Waals surface area (Å²) in [7, 11) is -4.43. The Bertz CT molecular complexity index is 599. The van der Waals surface area contributed by atoms with E-state index in [1.807, 2.05) is 0 Å². The lowest BCUT2D eigenvalue weighted by Gasteiger charge is -2.16. The largest absolute Gasteiger partial charge is 0.355 e. The maximum absolute atomic E-state index is 13.5. The first-order valence-corrected chi connectivity index (χ1v) is 7.64. The van der Waals surface area contributed by atoms with Gasteiger partial charge in [-0.15, -0.1) is 0 Å². The Labute approximate surface area is 115 Å². The molecular formula is C12H14F2N2O3S. The molecule has 0 aromatic heterocycles. The molecule has 0 radical (unpaired) electrons. The van der Waals surface area contributed by atoms with Gasteiger partial charge in [-0.1, -0.05) is 6.07 Å². The van der Waals surface area contributed by atoms with Crippen LogP contribution in [0.2, 0.25) is 0 Å². The van der Waals surface area contributed by atoms with Gasteiger partial charge in [0.25, 0.3) is 0 Å². The molecule has 1 aromatic rings. The standard InChI is InChI=1S/C12H14F2N2O3S/c13-8-4-3-5-9(14)11(8)20(18,19)16-10-6-1-2-7-15-12(10)17/h3-5,10,16H,1-2,6-7H2,(H,15,17). The van der Waals surface area contributed by atoms with Gasteiger partial charge in [-0.2, -0.15) is 4.72 Å². The summed E-state index contributed by atoms with van der Waals surface area (Å²) >= 11 is 0. The van der Waals surface area contributed by atoms with Crippen LogP contribution in [-0.2, 0) is 14.8 Å². The van der Waals surface area contributed by atoms with Crippen LogP contribution in [0.25, 0.3) is 0 Å². The highest BCUT2D eigenvalue weighted by molar-refractivity contribution is 7.89. The average Bonchev–Trinajstić information content (AvgIpc) is 2.54. The summed E-state index contributed by atoms with van der Waals surface area (Å²) in [6.07, 6.45) is 1.67. The van der Waals surface area contributed by atoms with E-state index in [9.17, 15) is 22.0 Å². The van der Waals surface area contributed by atoms with Gasteiger partial charge in [0.15, 0.2) is 4.90 Å². The molecule has 0 saturated carbocycles. The number of amides is 1. The molecule has 1 fully saturated rings. The molecule has 0 aliphatic carbocycles. The van der Waals surface area contributed by atoms with Crippen LogP contribution in [-0.4, -0.2) is 26.9 Å². The van der Waals surface area contributed by atoms with E-state index in [2.05, 4.69) is 10.0 Å². The fourth-order valence-corrected chi connectivity index (χ4v) is 3.40. The molecule has 1 aromatic carbocycles. The Hall–Kier alpha value is -1.54. The highest BCUT2D eigenvalue weighted by atomic mass is 32.2. The Morgan fingerprint density at radius 2 is 1.85 bits per heavy atom. The minimum atomic E-state index is -4.43. The minimum Gasteiger partial charge on any atom is -0.355 e. The SMILES string of the molecule is O=C1NCCCCC1NS(=O)(=O)c1c(F)cccc1F. The van der Waals surface area contributed by atoms with E-state index in [4.69, 9.17) is 0 Å². The summed E-state index contributed by atoms with van der Waals surface area (Å²) in [6, 6.07) is 1.76. The predicted octanol–water partition coefficient (Wildman–Crippen LogP) is 0.912. The lowest BCUT2D eigenvalue weighted by atomic mass is 10.1. The molecular weight excluding hydrogens is 290 g/mol. The molecule has 1 saturated heterocycles. The highest BCUT2D eigenvalue weighted by Crippen LogP contribution is 2.19. The summed E-state index contributed by atoms with van der Waals surface area (Å²) in [5.74, 6) is -2.86. The number of halogens is 2. The number of hydrogen-bond acceptors (Lipinski definition) is 3. The van der Waals surface area contributed by atoms with Gasteiger partial charge in [-0.05, 0) is 31.4 Å². The van der Waals surface area contributed by atoms with Crippen molar-refractivity contribution in [2.24, 2.45) is 0 Å². The van der Waals surface area contributed by atoms with Gasteiger partial charge in [-0.25, -0.2) is 17.2 Å². The van der Waals surface area contributed by atoms with Crippen LogP contribution in [0.15, 0.2) is 23.1 Å². The van der Waals surface area contributed by atoms with E-state index in [1.165, 1.54) is 0 Å². The average molecular weight is 304 g/mol. The predicted molar refractivity (Wildman–Crippen MR) is 67.3 cm³/mol. The van der Waals surface area contributed by atoms with Crippen LogP contribution in [0.1, 0.15) is 19.3 Å². The van der Waals surface area contributed by atoms with Crippen molar-refractivity contribution < 1.29 is 22.0 Å². The summed E-state index contributed by atoms with van der Waals surface area (Å²) < 4.78 is 53.2. The first kappa shape index (κ1) is 14.9. The van der Waals surface area contributed by atoms with Crippen molar-refractivity contribution in [3.63, 3.8) is 0 Å². The molecule has 1 unspecified atom stereocenters. The molecule has 5 nitrogen and oxygen atoms in total. The highest BCUT2D eigenvalue weighted by Gasteiger charge is 2.30. The van der Waals surface area contributed by atoms with Gasteiger partial charge in [0.05, 0.1) is 0 Å². The number of nitrogens with one attached hydrogen (secondary N) is 2. The third-order valence-electron chi connectivity index (χ3n) is 3.02. The second-order valence-corrected chi connectivity index (χ2v) is 6.16. The van der Waals surface area contributed by atoms with Crippen molar-refractivity contribution in [3.8, 4) is 0 Å². The Morgan fingerprint density at radius 1 is 1.20 bits per heavy atom. The summed E-state index contributed by atoms with van der Waals surface area (Å²) in [5.41, 5.74) is 0. The molecule has 0 bridgehead atoms. The Balaban J connectivity index is 2.29. The number of benzene rings is 1. The number of carbonyl (C=O) groups is 1. The van der Waals surface area contributed by atoms with Crippen molar-refractivity contribution in [2.45, 2.75) is 30.2 Å². The third-order valence-corrected chi connectivity index (χ3v) is 4.54. The van der Waals surface area contributed by atoms with Crippen LogP contribution in [0.4, 0.5) is 8.78 Å². The van der Waals surface area contributed by atoms with Crippen LogP contribution in [0.3, 0.4) is 0 Å². The van der Waals surface area contributed by atoms with Crippen LogP contribution in [0.5, 0.6) is 0 Å². The topological polar surface area (TPSA) is 75.3 Å². The maximum Gasteiger partial charge on any atom is 0.247 e. The smallest absolute Gasteiger partial charge is 0.247 e. The van der Waals surface area contributed by atoms with E-state index < -0.39 is 38.5 Å². The molecule has 1 amide bonds. The second kappa shape index (κ2) is 5.84. The Kier molecular flexibility index (Phi) is 4.34. The Morgan fingerprint density at radius 3 is 2.50 bits per heavy atom. The summed E-state index contributed by atoms with van der Waals surface area (Å²) in [4.78, 5) is 10.6. The van der Waals surface area contributed by atoms with Crippen molar-refractivity contribution in [3.05, 3.63) is 29.8 Å². The minimum absolute atomic E-state index is 0.293. The van der Waals surface area contributed by atoms with Crippen molar-refractivity contribution >= 4 is 15.9 Å². The molecule has 2 N–H and O–H groups in total. The number of sulfonamides is 1. The van der Waals surface area contributed by atoms with Gasteiger partial charge >= 0.3 is 0 Å². The molecule has 2 rings (SSSR count). The molecule has 20 heavy (non-hydrogen) atoms. The fourth-order valence-electron chi connectivity index (χ4n) is 2.04. The molecule has 1 aliphatic heterocycles. The lowest BCUT2D eigenvalue weighted by Crippen LogP contribution is -2.45. The van der Waals surface area contributed by atoms with Crippen molar-refractivity contribution in [2.75, 3.05) is 6.54 Å². The summed E-state index contributed by atoms with van der Waals surface area (Å²) in [5, 5.41) is 2.54. The molecule has 110 valence electrons. The van der Waals surface area contributed by atoms with Gasteiger partial charge in [-0.3, -0.25) is 4.79 Å². The van der Waals surface area contributed by atoms with Gasteiger partial charge in [0, 0.05) is 6.54 Å². The van der Waals surface area contributed by atoms with Crippen LogP contribution >= 0.6 is 0 Å². The molecule has 0 spiro atoms. The lowest BCUT2D eigenvalue weighted by molar-refractivity contribution is -0.122. The number of carbonyl (C=O) groups excluding carboxylic acids is 1. The van der Waals surface area contributed by atoms with Crippen LogP contribution < -0.4 is 10.0 Å². The molecule has 1 heterocycles. The van der Waals surface area contributed by atoms with E-state index in [-0.39, 0.29) is 0 Å². The first-order valence-electron chi connectivity index (χ1n) is 6.16. The fraction of sp³-hybridized carbons (Fsp3) is 0.417. The van der Waals surface area contributed by atoms with E-state index >= 15 is 0 Å². The molecule has 8 heteroatoms. The van der Waals surface area contributed by atoms with Crippen LogP contribution in [0, 0.1) is 11.6 Å². The maximum atomic E-state index is 13.5. The number of hydrogen-bond donors (Lipinski definition) is 2. The first-order chi connectivity index (χ1) is 9.42. The van der Waals surface area contributed by atoms with Crippen molar-refractivity contribution in [1.29, 1.82) is 0 Å². The monoisotopic (exact) mass is 304 g/mol. The van der Waals surface area contributed by atoms with Crippen molar-refractivity contribution in [1.82, 2.24) is 10.0 Å².